The molecule has 1 aliphatic rings. The standard InChI is InChI=1S/C5H8F2O4/c6-5(7)3(9)2(1-8)11-4(5)10/h2-4,8-10H,1H2/t2-,3+,4+/m1/s1. The number of ether oxygens (including phenoxy) is 1. The van der Waals surface area contributed by atoms with E-state index in [1.807, 2.05) is 0 Å². The topological polar surface area (TPSA) is 69.9 Å². The monoisotopic (exact) mass is 170 g/mol. The van der Waals surface area contributed by atoms with Crippen LogP contribution >= 0.6 is 0 Å². The van der Waals surface area contributed by atoms with Crippen molar-refractivity contribution in [1.29, 1.82) is 0 Å². The van der Waals surface area contributed by atoms with Crippen LogP contribution in [0.5, 0.6) is 0 Å². The summed E-state index contributed by atoms with van der Waals surface area (Å²) in [6.45, 7) is -0.742. The summed E-state index contributed by atoms with van der Waals surface area (Å²) < 4.78 is 29.0. The van der Waals surface area contributed by atoms with Gasteiger partial charge in [-0.25, -0.2) is 0 Å². The molecule has 1 saturated heterocycles. The number of hydrogen-bond donors (Lipinski definition) is 3. The molecule has 0 aliphatic carbocycles. The van der Waals surface area contributed by atoms with Crippen LogP contribution in [0.1, 0.15) is 0 Å². The summed E-state index contributed by atoms with van der Waals surface area (Å²) in [6.07, 6.45) is -5.86. The molecule has 0 unspecified atom stereocenters. The number of hydrogen-bond acceptors (Lipinski definition) is 4. The highest BCUT2D eigenvalue weighted by Crippen LogP contribution is 2.34. The zero-order valence-corrected chi connectivity index (χ0v) is 5.44. The molecule has 1 aliphatic heterocycles. The third-order valence-corrected chi connectivity index (χ3v) is 1.56. The normalized spacial score (nSPS) is 42.8. The summed E-state index contributed by atoms with van der Waals surface area (Å²) in [5.41, 5.74) is 0. The Morgan fingerprint density at radius 3 is 2.09 bits per heavy atom. The van der Waals surface area contributed by atoms with E-state index in [1.165, 1.54) is 0 Å². The van der Waals surface area contributed by atoms with Crippen molar-refractivity contribution in [2.24, 2.45) is 0 Å². The lowest BCUT2D eigenvalue weighted by Gasteiger charge is -2.14. The predicted molar refractivity (Wildman–Crippen MR) is 28.9 cm³/mol. The quantitative estimate of drug-likeness (QED) is 0.457. The van der Waals surface area contributed by atoms with Crippen LogP contribution in [0.4, 0.5) is 8.78 Å². The molecular weight excluding hydrogens is 162 g/mol. The second-order valence-electron chi connectivity index (χ2n) is 2.33. The molecule has 0 amide bonds. The highest BCUT2D eigenvalue weighted by Gasteiger charge is 2.57. The van der Waals surface area contributed by atoms with Crippen LogP contribution in [0.2, 0.25) is 0 Å². The van der Waals surface area contributed by atoms with Gasteiger partial charge in [-0.3, -0.25) is 0 Å². The molecule has 66 valence electrons. The Bertz CT molecular complexity index is 151. The largest absolute Gasteiger partial charge is 0.394 e. The summed E-state index contributed by atoms with van der Waals surface area (Å²) in [5, 5.41) is 25.5. The second-order valence-corrected chi connectivity index (χ2v) is 2.33. The molecular formula is C5H8F2O4. The molecule has 1 rings (SSSR count). The molecule has 0 aromatic heterocycles. The molecule has 0 saturated carbocycles. The molecule has 4 nitrogen and oxygen atoms in total. The average Bonchev–Trinajstić information content (AvgIpc) is 2.14. The van der Waals surface area contributed by atoms with Gasteiger partial charge in [0.05, 0.1) is 6.61 Å². The maximum Gasteiger partial charge on any atom is 0.325 e. The molecule has 1 heterocycles. The zero-order chi connectivity index (χ0) is 8.65. The minimum absolute atomic E-state index is 0.742. The van der Waals surface area contributed by atoms with E-state index in [1.54, 1.807) is 0 Å². The molecule has 6 heteroatoms. The van der Waals surface area contributed by atoms with E-state index >= 15 is 0 Å². The van der Waals surface area contributed by atoms with Crippen molar-refractivity contribution in [3.8, 4) is 0 Å². The third-order valence-electron chi connectivity index (χ3n) is 1.56. The van der Waals surface area contributed by atoms with Gasteiger partial charge in [-0.15, -0.1) is 0 Å². The van der Waals surface area contributed by atoms with E-state index in [0.717, 1.165) is 0 Å². The minimum atomic E-state index is -3.69. The van der Waals surface area contributed by atoms with Crippen LogP contribution in [0, 0.1) is 0 Å². The lowest BCUT2D eigenvalue weighted by molar-refractivity contribution is -0.198. The lowest BCUT2D eigenvalue weighted by Crippen LogP contribution is -2.40. The van der Waals surface area contributed by atoms with Gasteiger partial charge in [0.2, 0.25) is 6.29 Å². The van der Waals surface area contributed by atoms with E-state index in [4.69, 9.17) is 15.3 Å². The molecule has 0 bridgehead atoms. The van der Waals surface area contributed by atoms with Gasteiger partial charge >= 0.3 is 5.92 Å². The van der Waals surface area contributed by atoms with Crippen LogP contribution in [0.15, 0.2) is 0 Å². The first-order valence-corrected chi connectivity index (χ1v) is 3.00. The molecule has 0 radical (unpaired) electrons. The Labute approximate surface area is 61.0 Å². The SMILES string of the molecule is OC[C@H]1O[C@H](O)C(F)(F)[C@H]1O. The Kier molecular flexibility index (Phi) is 2.10. The third kappa shape index (κ3) is 1.22. The van der Waals surface area contributed by atoms with Crippen LogP contribution < -0.4 is 0 Å². The number of aliphatic hydroxyl groups is 3. The van der Waals surface area contributed by atoms with Gasteiger partial charge in [0.1, 0.15) is 6.10 Å². The maximum atomic E-state index is 12.4. The molecule has 1 fully saturated rings. The highest BCUT2D eigenvalue weighted by molar-refractivity contribution is 4.92. The second kappa shape index (κ2) is 2.63. The maximum absolute atomic E-state index is 12.4. The van der Waals surface area contributed by atoms with Gasteiger partial charge in [0.25, 0.3) is 0 Å². The number of alkyl halides is 2. The fraction of sp³-hybridized carbons (Fsp3) is 1.00. The first-order chi connectivity index (χ1) is 5.00. The van der Waals surface area contributed by atoms with Crippen LogP contribution in [0.25, 0.3) is 0 Å². The number of aliphatic hydroxyl groups excluding tert-OH is 3. The van der Waals surface area contributed by atoms with Crippen LogP contribution in [-0.4, -0.2) is 46.3 Å². The first kappa shape index (κ1) is 8.79. The van der Waals surface area contributed by atoms with E-state index < -0.39 is 31.0 Å². The van der Waals surface area contributed by atoms with Crippen molar-refractivity contribution in [2.45, 2.75) is 24.4 Å². The molecule has 0 spiro atoms. The first-order valence-electron chi connectivity index (χ1n) is 3.00. The Morgan fingerprint density at radius 2 is 1.91 bits per heavy atom. The summed E-state index contributed by atoms with van der Waals surface area (Å²) in [6, 6.07) is 0. The van der Waals surface area contributed by atoms with Gasteiger partial charge in [-0.05, 0) is 0 Å². The Hall–Kier alpha value is -0.300. The number of halogens is 2. The Balaban J connectivity index is 2.71. The van der Waals surface area contributed by atoms with Gasteiger partial charge in [-0.2, -0.15) is 8.78 Å². The van der Waals surface area contributed by atoms with Gasteiger partial charge in [-0.1, -0.05) is 0 Å². The van der Waals surface area contributed by atoms with Gasteiger partial charge in [0.15, 0.2) is 6.10 Å². The fourth-order valence-electron chi connectivity index (χ4n) is 0.868. The fourth-order valence-corrected chi connectivity index (χ4v) is 0.868. The smallest absolute Gasteiger partial charge is 0.325 e. The molecule has 0 aromatic rings. The summed E-state index contributed by atoms with van der Waals surface area (Å²) >= 11 is 0. The predicted octanol–water partition coefficient (Wildman–Crippen LogP) is -1.31. The van der Waals surface area contributed by atoms with E-state index in [-0.39, 0.29) is 0 Å². The van der Waals surface area contributed by atoms with Crippen molar-refractivity contribution in [2.75, 3.05) is 6.61 Å². The van der Waals surface area contributed by atoms with Crippen LogP contribution in [0.3, 0.4) is 0 Å². The van der Waals surface area contributed by atoms with Crippen LogP contribution in [-0.2, 0) is 4.74 Å². The molecule has 3 N–H and O–H groups in total. The number of rotatable bonds is 1. The summed E-state index contributed by atoms with van der Waals surface area (Å²) in [5.74, 6) is -3.69. The van der Waals surface area contributed by atoms with Gasteiger partial charge in [0, 0.05) is 0 Å². The molecule has 11 heavy (non-hydrogen) atoms. The minimum Gasteiger partial charge on any atom is -0.394 e. The zero-order valence-electron chi connectivity index (χ0n) is 5.44. The average molecular weight is 170 g/mol. The van der Waals surface area contributed by atoms with E-state index in [9.17, 15) is 8.78 Å². The summed E-state index contributed by atoms with van der Waals surface area (Å²) in [4.78, 5) is 0. The highest BCUT2D eigenvalue weighted by atomic mass is 19.3. The Morgan fingerprint density at radius 1 is 1.36 bits per heavy atom. The lowest BCUT2D eigenvalue weighted by atomic mass is 10.1. The van der Waals surface area contributed by atoms with Crippen molar-refractivity contribution in [1.82, 2.24) is 0 Å². The van der Waals surface area contributed by atoms with E-state index in [0.29, 0.717) is 0 Å². The summed E-state index contributed by atoms with van der Waals surface area (Å²) in [7, 11) is 0. The van der Waals surface area contributed by atoms with Crippen molar-refractivity contribution < 1.29 is 28.8 Å². The van der Waals surface area contributed by atoms with Gasteiger partial charge < -0.3 is 20.1 Å². The van der Waals surface area contributed by atoms with Crippen molar-refractivity contribution >= 4 is 0 Å². The van der Waals surface area contributed by atoms with E-state index in [2.05, 4.69) is 4.74 Å². The van der Waals surface area contributed by atoms with Crippen molar-refractivity contribution in [3.05, 3.63) is 0 Å². The molecule has 3 atom stereocenters. The van der Waals surface area contributed by atoms with Crippen molar-refractivity contribution in [3.63, 3.8) is 0 Å². The molecule has 0 aromatic carbocycles.